The first-order valence-corrected chi connectivity index (χ1v) is 6.68. The van der Waals surface area contributed by atoms with Crippen molar-refractivity contribution in [3.63, 3.8) is 0 Å². The molecule has 0 bridgehead atoms. The first kappa shape index (κ1) is 13.5. The summed E-state index contributed by atoms with van der Waals surface area (Å²) in [4.78, 5) is 0. The number of halogens is 1. The molecule has 0 aliphatic carbocycles. The third-order valence-corrected chi connectivity index (χ3v) is 3.91. The number of benzene rings is 2. The summed E-state index contributed by atoms with van der Waals surface area (Å²) in [5, 5.41) is 11.1. The van der Waals surface area contributed by atoms with E-state index in [0.717, 1.165) is 11.1 Å². The summed E-state index contributed by atoms with van der Waals surface area (Å²) in [5.74, 6) is 0. The summed E-state index contributed by atoms with van der Waals surface area (Å²) < 4.78 is 5.34. The van der Waals surface area contributed by atoms with Gasteiger partial charge < -0.3 is 8.17 Å². The van der Waals surface area contributed by atoms with Crippen LogP contribution in [0.5, 0.6) is 0 Å². The van der Waals surface area contributed by atoms with Gasteiger partial charge in [0.2, 0.25) is 0 Å². The smallest absolute Gasteiger partial charge is 0.141 e. The van der Waals surface area contributed by atoms with Gasteiger partial charge in [-0.05, 0) is 18.1 Å². The molecule has 0 spiro atoms. The Morgan fingerprint density at radius 1 is 0.944 bits per heavy atom. The fourth-order valence-corrected chi connectivity index (χ4v) is 2.45. The molecule has 0 heterocycles. The molecule has 1 unspecified atom stereocenters. The average molecular weight is 354 g/mol. The van der Waals surface area contributed by atoms with Crippen molar-refractivity contribution in [3.8, 4) is 0 Å². The molecule has 2 nitrogen and oxygen atoms in total. The van der Waals surface area contributed by atoms with E-state index in [1.54, 1.807) is 0 Å². The van der Waals surface area contributed by atoms with Crippen LogP contribution in [0.2, 0.25) is 0 Å². The molecule has 0 saturated carbocycles. The normalized spacial score (nSPS) is 13.3. The van der Waals surface area contributed by atoms with Crippen LogP contribution in [0.1, 0.15) is 18.1 Å². The van der Waals surface area contributed by atoms with Crippen molar-refractivity contribution in [2.24, 2.45) is 0 Å². The Kier molecular flexibility index (Phi) is 4.37. The Labute approximate surface area is 121 Å². The first-order chi connectivity index (χ1) is 8.69. The topological polar surface area (TPSA) is 29.5 Å². The molecule has 0 fully saturated rings. The zero-order chi connectivity index (χ0) is 13.0. The minimum absolute atomic E-state index is 0.345. The Hall–Kier alpha value is -0.910. The van der Waals surface area contributed by atoms with E-state index in [-0.39, 0.29) is 6.10 Å². The van der Waals surface area contributed by atoms with Crippen molar-refractivity contribution in [1.29, 1.82) is 0 Å². The van der Waals surface area contributed by atoms with Crippen molar-refractivity contribution >= 4 is 23.0 Å². The lowest BCUT2D eigenvalue weighted by atomic mass is 9.82. The van der Waals surface area contributed by atoms with Gasteiger partial charge in [-0.3, -0.25) is 0 Å². The van der Waals surface area contributed by atoms with Crippen molar-refractivity contribution in [2.45, 2.75) is 18.6 Å². The molecule has 0 radical (unpaired) electrons. The molecule has 0 aromatic heterocycles. The van der Waals surface area contributed by atoms with Gasteiger partial charge in [-0.25, -0.2) is 0 Å². The Balaban J connectivity index is 2.55. The van der Waals surface area contributed by atoms with Crippen LogP contribution in [-0.2, 0) is 8.67 Å². The van der Waals surface area contributed by atoms with Gasteiger partial charge in [0, 0.05) is 0 Å². The van der Waals surface area contributed by atoms with Crippen LogP contribution in [0.25, 0.3) is 0 Å². The summed E-state index contributed by atoms with van der Waals surface area (Å²) in [6, 6.07) is 19.2. The average Bonchev–Trinajstić information content (AvgIpc) is 2.47. The van der Waals surface area contributed by atoms with E-state index >= 15 is 0 Å². The predicted molar refractivity (Wildman–Crippen MR) is 80.4 cm³/mol. The van der Waals surface area contributed by atoms with Crippen LogP contribution in [0.3, 0.4) is 0 Å². The molecular formula is C15H15IO2. The van der Waals surface area contributed by atoms with Crippen LogP contribution in [0, 0.1) is 0 Å². The van der Waals surface area contributed by atoms with Crippen molar-refractivity contribution in [2.75, 3.05) is 0 Å². The molecule has 1 atom stereocenters. The Morgan fingerprint density at radius 3 is 1.67 bits per heavy atom. The van der Waals surface area contributed by atoms with E-state index in [0.29, 0.717) is 0 Å². The van der Waals surface area contributed by atoms with Gasteiger partial charge in [0.1, 0.15) is 34.7 Å². The lowest BCUT2D eigenvalue weighted by molar-refractivity contribution is -0.00699. The molecular weight excluding hydrogens is 339 g/mol. The highest BCUT2D eigenvalue weighted by molar-refractivity contribution is 14.1. The first-order valence-electron chi connectivity index (χ1n) is 5.80. The van der Waals surface area contributed by atoms with E-state index in [1.807, 2.05) is 90.6 Å². The largest absolute Gasteiger partial charge is 0.378 e. The Morgan fingerprint density at radius 2 is 1.33 bits per heavy atom. The third-order valence-electron chi connectivity index (χ3n) is 3.15. The van der Waals surface area contributed by atoms with Crippen molar-refractivity contribution < 1.29 is 8.17 Å². The maximum atomic E-state index is 11.1. The minimum atomic E-state index is -1.14. The minimum Gasteiger partial charge on any atom is -0.378 e. The van der Waals surface area contributed by atoms with E-state index in [2.05, 4.69) is 0 Å². The molecule has 0 amide bonds. The quantitative estimate of drug-likeness (QED) is 0.849. The highest BCUT2D eigenvalue weighted by Crippen LogP contribution is 2.35. The third kappa shape index (κ3) is 2.43. The molecule has 0 aliphatic heterocycles. The number of aliphatic hydroxyl groups is 1. The molecule has 2 aromatic carbocycles. The lowest BCUT2D eigenvalue weighted by Crippen LogP contribution is -2.39. The molecule has 18 heavy (non-hydrogen) atoms. The summed E-state index contributed by atoms with van der Waals surface area (Å²) in [5.41, 5.74) is 0.532. The van der Waals surface area contributed by atoms with Gasteiger partial charge >= 0.3 is 0 Å². The monoisotopic (exact) mass is 354 g/mol. The molecule has 94 valence electrons. The van der Waals surface area contributed by atoms with Crippen LogP contribution < -0.4 is 0 Å². The standard InChI is InChI=1S/C15H15IO2/c1-12(18-16)15(17,13-8-4-2-5-9-13)14-10-6-3-7-11-14/h2-12,17H,1H3. The zero-order valence-corrected chi connectivity index (χ0v) is 12.2. The predicted octanol–water partition coefficient (Wildman–Crippen LogP) is 3.68. The van der Waals surface area contributed by atoms with Gasteiger partial charge in [0.05, 0.1) is 0 Å². The van der Waals surface area contributed by atoms with E-state index in [4.69, 9.17) is 3.07 Å². The second-order valence-corrected chi connectivity index (χ2v) is 4.74. The summed E-state index contributed by atoms with van der Waals surface area (Å²) >= 11 is 1.83. The van der Waals surface area contributed by atoms with Gasteiger partial charge in [0.15, 0.2) is 0 Å². The van der Waals surface area contributed by atoms with Crippen LogP contribution in [0.15, 0.2) is 60.7 Å². The Bertz CT molecular complexity index is 445. The van der Waals surface area contributed by atoms with E-state index in [9.17, 15) is 5.11 Å². The van der Waals surface area contributed by atoms with Crippen LogP contribution >= 0.6 is 23.0 Å². The number of hydrogen-bond donors (Lipinski definition) is 1. The van der Waals surface area contributed by atoms with E-state index in [1.165, 1.54) is 0 Å². The number of hydrogen-bond acceptors (Lipinski definition) is 2. The molecule has 0 aliphatic rings. The van der Waals surface area contributed by atoms with Crippen molar-refractivity contribution in [3.05, 3.63) is 71.8 Å². The SMILES string of the molecule is CC(OI)C(O)(c1ccccc1)c1ccccc1. The fraction of sp³-hybridized carbons (Fsp3) is 0.200. The summed E-state index contributed by atoms with van der Waals surface area (Å²) in [6.07, 6.45) is -0.345. The highest BCUT2D eigenvalue weighted by atomic mass is 127. The molecule has 3 heteroatoms. The highest BCUT2D eigenvalue weighted by Gasteiger charge is 2.38. The van der Waals surface area contributed by atoms with Gasteiger partial charge in [-0.1, -0.05) is 60.7 Å². The van der Waals surface area contributed by atoms with Gasteiger partial charge in [0.25, 0.3) is 0 Å². The summed E-state index contributed by atoms with van der Waals surface area (Å²) in [7, 11) is 0. The maximum absolute atomic E-state index is 11.1. The van der Waals surface area contributed by atoms with Crippen molar-refractivity contribution in [1.82, 2.24) is 0 Å². The zero-order valence-electron chi connectivity index (χ0n) is 10.1. The summed E-state index contributed by atoms with van der Waals surface area (Å²) in [6.45, 7) is 1.87. The molecule has 1 N–H and O–H groups in total. The fourth-order valence-electron chi connectivity index (χ4n) is 2.09. The molecule has 2 aromatic rings. The maximum Gasteiger partial charge on any atom is 0.141 e. The van der Waals surface area contributed by atoms with E-state index < -0.39 is 5.60 Å². The molecule has 2 rings (SSSR count). The second-order valence-electron chi connectivity index (χ2n) is 4.23. The van der Waals surface area contributed by atoms with Gasteiger partial charge in [-0.15, -0.1) is 0 Å². The van der Waals surface area contributed by atoms with Crippen LogP contribution in [0.4, 0.5) is 0 Å². The second kappa shape index (κ2) is 5.82. The van der Waals surface area contributed by atoms with Gasteiger partial charge in [-0.2, -0.15) is 0 Å². The number of rotatable bonds is 4. The van der Waals surface area contributed by atoms with Crippen LogP contribution in [-0.4, -0.2) is 11.2 Å². The molecule has 0 saturated heterocycles. The lowest BCUT2D eigenvalue weighted by Gasteiger charge is -2.33.